The lowest BCUT2D eigenvalue weighted by Gasteiger charge is -2.05. The van der Waals surface area contributed by atoms with Gasteiger partial charge in [0.1, 0.15) is 28.4 Å². The van der Waals surface area contributed by atoms with E-state index < -0.39 is 5.82 Å². The van der Waals surface area contributed by atoms with Gasteiger partial charge in [-0.3, -0.25) is 10.1 Å². The molecule has 0 aliphatic heterocycles. The number of aryl methyl sites for hydroxylation is 1. The maximum absolute atomic E-state index is 14.1. The molecule has 1 aromatic carbocycles. The van der Waals surface area contributed by atoms with Crippen molar-refractivity contribution in [2.45, 2.75) is 6.92 Å². The molecule has 2 N–H and O–H groups in total. The second-order valence-corrected chi connectivity index (χ2v) is 7.94. The van der Waals surface area contributed by atoms with Crippen LogP contribution in [0.1, 0.15) is 5.82 Å². The summed E-state index contributed by atoms with van der Waals surface area (Å²) in [5.41, 5.74) is 6.18. The van der Waals surface area contributed by atoms with Crippen LogP contribution in [0.5, 0.6) is 5.75 Å². The van der Waals surface area contributed by atoms with Gasteiger partial charge in [0.25, 0.3) is 0 Å². The van der Waals surface area contributed by atoms with E-state index in [4.69, 9.17) is 14.7 Å². The predicted molar refractivity (Wildman–Crippen MR) is 126 cm³/mol. The lowest BCUT2D eigenvalue weighted by atomic mass is 10.1. The minimum absolute atomic E-state index is 0.407. The number of imidazole rings is 2. The number of rotatable bonds is 4. The maximum atomic E-state index is 14.1. The van der Waals surface area contributed by atoms with Crippen molar-refractivity contribution in [1.82, 2.24) is 39.7 Å². The minimum atomic E-state index is -0.413. The monoisotopic (exact) mass is 454 g/mol. The summed E-state index contributed by atoms with van der Waals surface area (Å²) in [5.74, 6) is 1.43. The standard InChI is InChI=1S/C24H19FN8O/c1-12-27-11-19(33(12)2)16-4-5-18-22(28-16)23(32-31-18)24-29-17-6-7-26-20(21(17)30-24)13-8-14(25)10-15(9-13)34-3/h4-11H,1-3H3,(H,29,30)(H,31,32). The molecule has 5 heterocycles. The quantitative estimate of drug-likeness (QED) is 0.408. The molecule has 10 heteroatoms. The summed E-state index contributed by atoms with van der Waals surface area (Å²) in [7, 11) is 3.45. The fourth-order valence-electron chi connectivity index (χ4n) is 4.02. The highest BCUT2D eigenvalue weighted by Gasteiger charge is 2.18. The largest absolute Gasteiger partial charge is 0.497 e. The molecule has 0 unspecified atom stereocenters. The van der Waals surface area contributed by atoms with Gasteiger partial charge in [-0.25, -0.2) is 19.3 Å². The van der Waals surface area contributed by atoms with E-state index >= 15 is 0 Å². The number of aromatic nitrogens is 8. The van der Waals surface area contributed by atoms with E-state index in [-0.39, 0.29) is 0 Å². The van der Waals surface area contributed by atoms with E-state index in [2.05, 4.69) is 25.1 Å². The second-order valence-electron chi connectivity index (χ2n) is 7.94. The van der Waals surface area contributed by atoms with E-state index in [1.807, 2.05) is 36.7 Å². The van der Waals surface area contributed by atoms with Crippen LogP contribution < -0.4 is 4.74 Å². The van der Waals surface area contributed by atoms with Crippen molar-refractivity contribution in [2.75, 3.05) is 7.11 Å². The van der Waals surface area contributed by atoms with Crippen molar-refractivity contribution in [3.05, 3.63) is 60.4 Å². The molecule has 0 bridgehead atoms. The SMILES string of the molecule is COc1cc(F)cc(-c2nccc3[nH]c(-c4n[nH]c5ccc(-c6cnc(C)n6C)nc45)nc23)c1. The highest BCUT2D eigenvalue weighted by atomic mass is 19.1. The fourth-order valence-corrected chi connectivity index (χ4v) is 4.02. The van der Waals surface area contributed by atoms with Crippen LogP contribution in [0.25, 0.3) is 56.2 Å². The molecule has 5 aromatic heterocycles. The molecule has 0 spiro atoms. The van der Waals surface area contributed by atoms with Crippen molar-refractivity contribution in [3.63, 3.8) is 0 Å². The average Bonchev–Trinajstić information content (AvgIpc) is 3.54. The fraction of sp³-hybridized carbons (Fsp3) is 0.125. The summed E-state index contributed by atoms with van der Waals surface area (Å²) in [4.78, 5) is 21.7. The molecule has 0 saturated heterocycles. The summed E-state index contributed by atoms with van der Waals surface area (Å²) in [6, 6.07) is 10.1. The molecular formula is C24H19FN8O. The smallest absolute Gasteiger partial charge is 0.161 e. The molecule has 9 nitrogen and oxygen atoms in total. The highest BCUT2D eigenvalue weighted by Crippen LogP contribution is 2.32. The summed E-state index contributed by atoms with van der Waals surface area (Å²) < 4.78 is 21.3. The first-order valence-corrected chi connectivity index (χ1v) is 10.6. The lowest BCUT2D eigenvalue weighted by Crippen LogP contribution is -1.96. The number of benzene rings is 1. The number of methoxy groups -OCH3 is 1. The Morgan fingerprint density at radius 1 is 0.971 bits per heavy atom. The lowest BCUT2D eigenvalue weighted by molar-refractivity contribution is 0.411. The third-order valence-corrected chi connectivity index (χ3v) is 5.90. The zero-order valence-corrected chi connectivity index (χ0v) is 18.6. The Morgan fingerprint density at radius 2 is 1.82 bits per heavy atom. The Labute approximate surface area is 192 Å². The van der Waals surface area contributed by atoms with Gasteiger partial charge in [0.05, 0.1) is 41.4 Å². The van der Waals surface area contributed by atoms with Crippen LogP contribution in [0.2, 0.25) is 0 Å². The van der Waals surface area contributed by atoms with Gasteiger partial charge in [-0.1, -0.05) is 0 Å². The number of nitrogens with zero attached hydrogens (tertiary/aromatic N) is 6. The van der Waals surface area contributed by atoms with Gasteiger partial charge in [0.2, 0.25) is 0 Å². The number of nitrogens with one attached hydrogen (secondary N) is 2. The second kappa shape index (κ2) is 7.48. The van der Waals surface area contributed by atoms with Gasteiger partial charge >= 0.3 is 0 Å². The van der Waals surface area contributed by atoms with Crippen molar-refractivity contribution in [1.29, 1.82) is 0 Å². The normalized spacial score (nSPS) is 11.5. The number of fused-ring (bicyclic) bond motifs is 2. The van der Waals surface area contributed by atoms with E-state index in [0.717, 1.165) is 28.2 Å². The molecule has 0 aliphatic rings. The average molecular weight is 454 g/mol. The van der Waals surface area contributed by atoms with Gasteiger partial charge in [-0.05, 0) is 37.3 Å². The topological polar surface area (TPSA) is 110 Å². The van der Waals surface area contributed by atoms with Gasteiger partial charge < -0.3 is 14.3 Å². The number of ether oxygens (including phenoxy) is 1. The molecule has 0 amide bonds. The molecule has 0 atom stereocenters. The van der Waals surface area contributed by atoms with Crippen molar-refractivity contribution >= 4 is 22.1 Å². The summed E-state index contributed by atoms with van der Waals surface area (Å²) in [6.07, 6.45) is 3.45. The van der Waals surface area contributed by atoms with Crippen LogP contribution in [0.3, 0.4) is 0 Å². The van der Waals surface area contributed by atoms with Crippen molar-refractivity contribution < 1.29 is 9.13 Å². The number of hydrogen-bond donors (Lipinski definition) is 2. The highest BCUT2D eigenvalue weighted by molar-refractivity contribution is 5.95. The molecule has 6 aromatic rings. The Balaban J connectivity index is 1.50. The zero-order valence-electron chi connectivity index (χ0n) is 18.6. The zero-order chi connectivity index (χ0) is 23.4. The first kappa shape index (κ1) is 20.0. The first-order valence-electron chi connectivity index (χ1n) is 10.6. The van der Waals surface area contributed by atoms with E-state index in [9.17, 15) is 4.39 Å². The molecule has 0 radical (unpaired) electrons. The van der Waals surface area contributed by atoms with E-state index in [1.165, 1.54) is 19.2 Å². The molecule has 34 heavy (non-hydrogen) atoms. The summed E-state index contributed by atoms with van der Waals surface area (Å²) in [5, 5.41) is 7.48. The molecular weight excluding hydrogens is 435 g/mol. The molecule has 6 rings (SSSR count). The Hall–Kier alpha value is -4.60. The first-order chi connectivity index (χ1) is 16.5. The van der Waals surface area contributed by atoms with E-state index in [0.29, 0.717) is 39.6 Å². The summed E-state index contributed by atoms with van der Waals surface area (Å²) in [6.45, 7) is 1.94. The van der Waals surface area contributed by atoms with Gasteiger partial charge in [0, 0.05) is 24.9 Å². The third kappa shape index (κ3) is 3.11. The van der Waals surface area contributed by atoms with E-state index in [1.54, 1.807) is 18.5 Å². The van der Waals surface area contributed by atoms with Crippen molar-refractivity contribution in [2.24, 2.45) is 7.05 Å². The molecule has 168 valence electrons. The molecule has 0 saturated carbocycles. The van der Waals surface area contributed by atoms with Crippen LogP contribution >= 0.6 is 0 Å². The molecule has 0 aliphatic carbocycles. The number of pyridine rings is 2. The number of halogens is 1. The van der Waals surface area contributed by atoms with Crippen LogP contribution in [0, 0.1) is 12.7 Å². The van der Waals surface area contributed by atoms with Gasteiger partial charge in [-0.15, -0.1) is 0 Å². The summed E-state index contributed by atoms with van der Waals surface area (Å²) >= 11 is 0. The number of hydrogen-bond acceptors (Lipinski definition) is 6. The van der Waals surface area contributed by atoms with Crippen LogP contribution in [-0.2, 0) is 7.05 Å². The predicted octanol–water partition coefficient (Wildman–Crippen LogP) is 4.42. The Morgan fingerprint density at radius 3 is 2.62 bits per heavy atom. The maximum Gasteiger partial charge on any atom is 0.161 e. The Bertz CT molecular complexity index is 1700. The van der Waals surface area contributed by atoms with Crippen LogP contribution in [-0.4, -0.2) is 46.8 Å². The minimum Gasteiger partial charge on any atom is -0.497 e. The van der Waals surface area contributed by atoms with Gasteiger partial charge in [0.15, 0.2) is 11.5 Å². The third-order valence-electron chi connectivity index (χ3n) is 5.90. The Kier molecular flexibility index (Phi) is 4.41. The van der Waals surface area contributed by atoms with Gasteiger partial charge in [-0.2, -0.15) is 5.10 Å². The van der Waals surface area contributed by atoms with Crippen LogP contribution in [0.4, 0.5) is 4.39 Å². The molecule has 0 fully saturated rings. The number of aromatic amines is 2. The van der Waals surface area contributed by atoms with Crippen molar-refractivity contribution in [3.8, 4) is 39.9 Å². The van der Waals surface area contributed by atoms with Crippen LogP contribution in [0.15, 0.2) is 48.8 Å². The number of H-pyrrole nitrogens is 2.